The van der Waals surface area contributed by atoms with Crippen molar-refractivity contribution in [2.75, 3.05) is 5.32 Å². The van der Waals surface area contributed by atoms with Crippen LogP contribution in [0.2, 0.25) is 0 Å². The number of benzene rings is 3. The first-order valence-corrected chi connectivity index (χ1v) is 13.5. The molecule has 1 atom stereocenters. The van der Waals surface area contributed by atoms with Crippen LogP contribution >= 0.6 is 0 Å². The van der Waals surface area contributed by atoms with Gasteiger partial charge in [0.2, 0.25) is 5.71 Å². The number of nitrogens with zero attached hydrogens (tertiary/aromatic N) is 1. The summed E-state index contributed by atoms with van der Waals surface area (Å²) in [4.78, 5) is 28.1. The summed E-state index contributed by atoms with van der Waals surface area (Å²) >= 11 is 0. The van der Waals surface area contributed by atoms with Gasteiger partial charge in [0, 0.05) is 11.0 Å². The van der Waals surface area contributed by atoms with Crippen LogP contribution in [0.3, 0.4) is 0 Å². The monoisotopic (exact) mass is 608 g/mol. The first-order valence-electron chi connectivity index (χ1n) is 13.5. The predicted octanol–water partition coefficient (Wildman–Crippen LogP) is 4.28. The van der Waals surface area contributed by atoms with Crippen molar-refractivity contribution in [1.29, 1.82) is 0 Å². The first-order chi connectivity index (χ1) is 20.5. The number of alkyl halides is 3. The molecular formula is C33H24F3N2NaO5. The van der Waals surface area contributed by atoms with E-state index < -0.39 is 35.5 Å². The van der Waals surface area contributed by atoms with Gasteiger partial charge < -0.3 is 19.1 Å². The van der Waals surface area contributed by atoms with Gasteiger partial charge in [-0.15, -0.1) is 0 Å². The number of amides is 1. The van der Waals surface area contributed by atoms with E-state index in [0.717, 1.165) is 22.8 Å². The number of pyridine rings is 1. The molecule has 1 amide bonds. The van der Waals surface area contributed by atoms with Crippen molar-refractivity contribution in [2.24, 2.45) is 0 Å². The number of hydrogen-bond acceptors (Lipinski definition) is 6. The van der Waals surface area contributed by atoms with E-state index >= 15 is 0 Å². The number of carbonyl (C=O) groups excluding carboxylic acids is 2. The van der Waals surface area contributed by atoms with Crippen LogP contribution in [-0.4, -0.2) is 17.0 Å². The summed E-state index contributed by atoms with van der Waals surface area (Å²) in [5, 5.41) is 14.4. The van der Waals surface area contributed by atoms with E-state index in [9.17, 15) is 27.9 Å². The Hall–Kier alpha value is -4.12. The van der Waals surface area contributed by atoms with Crippen LogP contribution in [0.5, 0.6) is 0 Å². The fourth-order valence-electron chi connectivity index (χ4n) is 5.08. The van der Waals surface area contributed by atoms with Gasteiger partial charge in [0.05, 0.1) is 11.4 Å². The third-order valence-electron chi connectivity index (χ3n) is 7.68. The number of anilines is 1. The van der Waals surface area contributed by atoms with Crippen LogP contribution < -0.4 is 40.0 Å². The molecule has 6 rings (SSSR count). The van der Waals surface area contributed by atoms with Crippen molar-refractivity contribution >= 4 is 28.8 Å². The average Bonchev–Trinajstić information content (AvgIpc) is 3.75. The summed E-state index contributed by atoms with van der Waals surface area (Å²) < 4.78 is 51.4. The molecule has 11 heteroatoms. The molecule has 0 bridgehead atoms. The zero-order valence-electron chi connectivity index (χ0n) is 23.8. The van der Waals surface area contributed by atoms with Crippen molar-refractivity contribution in [3.05, 3.63) is 108 Å². The van der Waals surface area contributed by atoms with Crippen molar-refractivity contribution in [3.63, 3.8) is 0 Å². The van der Waals surface area contributed by atoms with Crippen LogP contribution in [0.1, 0.15) is 42.7 Å². The SMILES string of the molecule is C[C@@H](OC(=O)Nc1c(-c2ccc(-c3ccc(C4(C(=O)[O-])CC4)cc3)cc2)oc2nc(C(F)(F)F)ccc12)c1ccccc1.[Na+]. The molecule has 1 N–H and O–H groups in total. The van der Waals surface area contributed by atoms with Gasteiger partial charge in [-0.3, -0.25) is 5.32 Å². The second-order valence-corrected chi connectivity index (χ2v) is 10.5. The third kappa shape index (κ3) is 6.10. The van der Waals surface area contributed by atoms with E-state index in [2.05, 4.69) is 10.3 Å². The number of aliphatic carboxylic acids is 1. The minimum Gasteiger partial charge on any atom is -0.549 e. The molecule has 2 aromatic heterocycles. The molecule has 44 heavy (non-hydrogen) atoms. The number of carboxylic acid groups (broad SMARTS) is 1. The topological polar surface area (TPSA) is 104 Å². The molecule has 1 aliphatic rings. The number of carboxylic acids is 1. The van der Waals surface area contributed by atoms with Crippen LogP contribution in [0.4, 0.5) is 23.7 Å². The molecule has 1 aliphatic carbocycles. The molecule has 218 valence electrons. The Morgan fingerprint density at radius 2 is 1.50 bits per heavy atom. The summed E-state index contributed by atoms with van der Waals surface area (Å²) in [6.07, 6.45) is -4.99. The summed E-state index contributed by atoms with van der Waals surface area (Å²) in [6, 6.07) is 25.3. The molecule has 7 nitrogen and oxygen atoms in total. The Morgan fingerprint density at radius 1 is 0.909 bits per heavy atom. The van der Waals surface area contributed by atoms with Crippen molar-refractivity contribution in [2.45, 2.75) is 37.5 Å². The van der Waals surface area contributed by atoms with Gasteiger partial charge >= 0.3 is 41.8 Å². The van der Waals surface area contributed by atoms with Crippen molar-refractivity contribution in [1.82, 2.24) is 4.98 Å². The summed E-state index contributed by atoms with van der Waals surface area (Å²) in [5.41, 5.74) is 1.38. The van der Waals surface area contributed by atoms with E-state index in [1.54, 1.807) is 43.3 Å². The van der Waals surface area contributed by atoms with Crippen LogP contribution in [0.25, 0.3) is 33.6 Å². The number of hydrogen-bond donors (Lipinski definition) is 1. The molecule has 0 radical (unpaired) electrons. The van der Waals surface area contributed by atoms with E-state index in [-0.39, 0.29) is 52.1 Å². The zero-order valence-corrected chi connectivity index (χ0v) is 25.8. The van der Waals surface area contributed by atoms with Crippen molar-refractivity contribution in [3.8, 4) is 22.5 Å². The van der Waals surface area contributed by atoms with E-state index in [1.165, 1.54) is 6.07 Å². The summed E-state index contributed by atoms with van der Waals surface area (Å²) in [6.45, 7) is 1.70. The summed E-state index contributed by atoms with van der Waals surface area (Å²) in [7, 11) is 0. The predicted molar refractivity (Wildman–Crippen MR) is 151 cm³/mol. The number of nitrogens with one attached hydrogen (secondary N) is 1. The van der Waals surface area contributed by atoms with E-state index in [1.807, 2.05) is 42.5 Å². The second kappa shape index (κ2) is 12.1. The maximum absolute atomic E-state index is 13.4. The molecule has 0 saturated heterocycles. The second-order valence-electron chi connectivity index (χ2n) is 10.5. The van der Waals surface area contributed by atoms with Gasteiger partial charge in [-0.05, 0) is 54.2 Å². The summed E-state index contributed by atoms with van der Waals surface area (Å²) in [5.74, 6) is -0.965. The largest absolute Gasteiger partial charge is 1.00 e. The molecule has 2 heterocycles. The van der Waals surface area contributed by atoms with Gasteiger partial charge in [0.25, 0.3) is 0 Å². The van der Waals surface area contributed by atoms with Crippen molar-refractivity contribution < 1.29 is 66.6 Å². The minimum absolute atomic E-state index is 0. The average molecular weight is 609 g/mol. The maximum atomic E-state index is 13.4. The number of halogens is 3. The normalized spacial score (nSPS) is 14.4. The molecule has 1 fully saturated rings. The Balaban J connectivity index is 0.00000384. The molecule has 5 aromatic rings. The van der Waals surface area contributed by atoms with Gasteiger partial charge in [0.15, 0.2) is 5.76 Å². The number of fused-ring (bicyclic) bond motifs is 1. The quantitative estimate of drug-likeness (QED) is 0.277. The molecule has 0 unspecified atom stereocenters. The van der Waals surface area contributed by atoms with E-state index in [4.69, 9.17) is 9.15 Å². The Kier molecular flexibility index (Phi) is 8.62. The maximum Gasteiger partial charge on any atom is 1.00 e. The molecule has 0 spiro atoms. The molecular weight excluding hydrogens is 584 g/mol. The first kappa shape index (κ1) is 31.3. The smallest absolute Gasteiger partial charge is 0.549 e. The van der Waals surface area contributed by atoms with Gasteiger partial charge in [0.1, 0.15) is 17.5 Å². The number of aromatic nitrogens is 1. The molecule has 0 aliphatic heterocycles. The fourth-order valence-corrected chi connectivity index (χ4v) is 5.08. The van der Waals surface area contributed by atoms with Crippen LogP contribution in [-0.2, 0) is 21.1 Å². The van der Waals surface area contributed by atoms with Gasteiger partial charge in [-0.1, -0.05) is 78.9 Å². The fraction of sp³-hybridized carbons (Fsp3) is 0.182. The van der Waals surface area contributed by atoms with Crippen LogP contribution in [0, 0.1) is 0 Å². The Labute approximate surface area is 272 Å². The number of ether oxygens (including phenoxy) is 1. The number of rotatable bonds is 7. The zero-order chi connectivity index (χ0) is 30.4. The van der Waals surface area contributed by atoms with E-state index in [0.29, 0.717) is 24.0 Å². The van der Waals surface area contributed by atoms with Crippen LogP contribution in [0.15, 0.2) is 95.4 Å². The molecule has 3 aromatic carbocycles. The Morgan fingerprint density at radius 3 is 2.07 bits per heavy atom. The van der Waals surface area contributed by atoms with Gasteiger partial charge in [-0.25, -0.2) is 9.78 Å². The molecule has 1 saturated carbocycles. The third-order valence-corrected chi connectivity index (χ3v) is 7.68. The number of furan rings is 1. The Bertz CT molecular complexity index is 1820. The number of carbonyl (C=O) groups is 2. The van der Waals surface area contributed by atoms with Gasteiger partial charge in [-0.2, -0.15) is 13.2 Å². The minimum atomic E-state index is -4.68. The standard InChI is InChI=1S/C33H25F3N2O5.Na/c1-19(20-5-3-2-4-6-20)42-31(41)38-27-25-15-16-26(33(34,35)36)37-29(25)43-28(27)23-9-7-21(8-10-23)22-11-13-24(14-12-22)32(17-18-32)30(39)40;/h2-16,19H,17-18H2,1H3,(H,38,41)(H,39,40);/q;+1/p-1/t19-;/m1./s1.